The molecular formula is C23H22N2O2. The largest absolute Gasteiger partial charge is 0.488 e. The zero-order valence-electron chi connectivity index (χ0n) is 15.2. The van der Waals surface area contributed by atoms with Crippen molar-refractivity contribution in [2.45, 2.75) is 32.0 Å². The lowest BCUT2D eigenvalue weighted by Gasteiger charge is -2.20. The minimum Gasteiger partial charge on any atom is -0.488 e. The smallest absolute Gasteiger partial charge is 0.122 e. The first-order chi connectivity index (χ1) is 13.2. The normalized spacial score (nSPS) is 12.8. The predicted molar refractivity (Wildman–Crippen MR) is 105 cm³/mol. The third-order valence-electron chi connectivity index (χ3n) is 4.49. The Balaban J connectivity index is 1.57. The molecule has 1 aromatic heterocycles. The van der Waals surface area contributed by atoms with Crippen molar-refractivity contribution in [3.05, 3.63) is 84.2 Å². The van der Waals surface area contributed by atoms with Crippen LogP contribution in [0.4, 0.5) is 0 Å². The lowest BCUT2D eigenvalue weighted by atomic mass is 10.0. The summed E-state index contributed by atoms with van der Waals surface area (Å²) in [4.78, 5) is 4.09. The first kappa shape index (κ1) is 18.6. The third-order valence-corrected chi connectivity index (χ3v) is 4.49. The van der Waals surface area contributed by atoms with Crippen molar-refractivity contribution >= 4 is 0 Å². The molecule has 0 aliphatic rings. The molecule has 0 fully saturated rings. The Bertz CT molecular complexity index is 902. The summed E-state index contributed by atoms with van der Waals surface area (Å²) in [5.41, 5.74) is 3.75. The molecule has 0 spiro atoms. The highest BCUT2D eigenvalue weighted by molar-refractivity contribution is 5.65. The fourth-order valence-electron chi connectivity index (χ4n) is 2.88. The highest BCUT2D eigenvalue weighted by Crippen LogP contribution is 2.24. The lowest BCUT2D eigenvalue weighted by molar-refractivity contribution is 0.0420. The van der Waals surface area contributed by atoms with Crippen LogP contribution >= 0.6 is 0 Å². The average Bonchev–Trinajstić information content (AvgIpc) is 2.73. The number of nitrogens with zero attached hydrogens (tertiary/aromatic N) is 2. The van der Waals surface area contributed by atoms with Gasteiger partial charge in [0.05, 0.1) is 17.7 Å². The molecule has 0 aliphatic heterocycles. The number of rotatable bonds is 7. The van der Waals surface area contributed by atoms with Crippen LogP contribution in [0, 0.1) is 11.3 Å². The monoisotopic (exact) mass is 358 g/mol. The highest BCUT2D eigenvalue weighted by Gasteiger charge is 2.16. The maximum atomic E-state index is 10.4. The van der Waals surface area contributed by atoms with Crippen LogP contribution < -0.4 is 4.74 Å². The Morgan fingerprint density at radius 2 is 1.89 bits per heavy atom. The van der Waals surface area contributed by atoms with Gasteiger partial charge in [-0.05, 0) is 66.8 Å². The van der Waals surface area contributed by atoms with Gasteiger partial charge in [-0.3, -0.25) is 4.98 Å². The molecule has 0 bridgehead atoms. The van der Waals surface area contributed by atoms with E-state index in [2.05, 4.69) is 11.1 Å². The van der Waals surface area contributed by atoms with E-state index < -0.39 is 6.10 Å². The quantitative estimate of drug-likeness (QED) is 0.680. The predicted octanol–water partition coefficient (Wildman–Crippen LogP) is 4.38. The van der Waals surface area contributed by atoms with E-state index in [1.807, 2.05) is 67.7 Å². The van der Waals surface area contributed by atoms with Crippen molar-refractivity contribution in [2.24, 2.45) is 0 Å². The van der Waals surface area contributed by atoms with Gasteiger partial charge in [0.2, 0.25) is 0 Å². The third kappa shape index (κ3) is 5.16. The number of hydrogen-bond donors (Lipinski definition) is 1. The van der Waals surface area contributed by atoms with Crippen molar-refractivity contribution in [3.63, 3.8) is 0 Å². The molecule has 2 aromatic carbocycles. The first-order valence-corrected chi connectivity index (χ1v) is 9.00. The minimum absolute atomic E-state index is 0.311. The van der Waals surface area contributed by atoms with Crippen LogP contribution in [0.2, 0.25) is 0 Å². The summed E-state index contributed by atoms with van der Waals surface area (Å²) in [6, 6.07) is 21.2. The number of aliphatic hydroxyl groups is 1. The molecule has 0 saturated carbocycles. The van der Waals surface area contributed by atoms with E-state index in [1.165, 1.54) is 0 Å². The number of aliphatic hydroxyl groups excluding tert-OH is 1. The summed E-state index contributed by atoms with van der Waals surface area (Å²) >= 11 is 0. The maximum absolute atomic E-state index is 10.4. The standard InChI is InChI=1S/C23H22N2O2/c1-17(23(26)12-7-18-5-3-13-25-16-18)27-22-10-8-20(9-11-22)21-6-2-4-19(14-21)15-24/h2-6,8-11,13-14,16-17,23,26H,7,12H2,1H3/t17-,23+/m1/s1. The number of pyridine rings is 1. The zero-order chi connectivity index (χ0) is 19.1. The van der Waals surface area contributed by atoms with Crippen LogP contribution in [0.1, 0.15) is 24.5 Å². The number of hydrogen-bond acceptors (Lipinski definition) is 4. The van der Waals surface area contributed by atoms with E-state index in [1.54, 1.807) is 12.3 Å². The van der Waals surface area contributed by atoms with Crippen LogP contribution in [0.25, 0.3) is 11.1 Å². The van der Waals surface area contributed by atoms with Gasteiger partial charge in [0, 0.05) is 12.4 Å². The minimum atomic E-state index is -0.558. The van der Waals surface area contributed by atoms with Gasteiger partial charge in [0.1, 0.15) is 11.9 Å². The van der Waals surface area contributed by atoms with Gasteiger partial charge in [-0.25, -0.2) is 0 Å². The molecule has 4 nitrogen and oxygen atoms in total. The molecule has 136 valence electrons. The molecule has 2 atom stereocenters. The van der Waals surface area contributed by atoms with Crippen LogP contribution in [-0.2, 0) is 6.42 Å². The van der Waals surface area contributed by atoms with Crippen molar-refractivity contribution in [3.8, 4) is 22.9 Å². The molecule has 1 heterocycles. The molecule has 0 aliphatic carbocycles. The second-order valence-electron chi connectivity index (χ2n) is 6.51. The van der Waals surface area contributed by atoms with Crippen LogP contribution in [0.3, 0.4) is 0 Å². The van der Waals surface area contributed by atoms with Gasteiger partial charge in [-0.1, -0.05) is 30.3 Å². The molecule has 0 unspecified atom stereocenters. The van der Waals surface area contributed by atoms with Gasteiger partial charge < -0.3 is 9.84 Å². The van der Waals surface area contributed by atoms with Gasteiger partial charge in [0.25, 0.3) is 0 Å². The Morgan fingerprint density at radius 1 is 1.07 bits per heavy atom. The number of aromatic nitrogens is 1. The Labute approximate surface area is 159 Å². The second kappa shape index (κ2) is 8.98. The van der Waals surface area contributed by atoms with Crippen LogP contribution in [0.5, 0.6) is 5.75 Å². The molecule has 0 saturated heterocycles. The van der Waals surface area contributed by atoms with E-state index in [9.17, 15) is 5.11 Å². The van der Waals surface area contributed by atoms with E-state index in [-0.39, 0.29) is 6.10 Å². The van der Waals surface area contributed by atoms with E-state index in [4.69, 9.17) is 10.00 Å². The number of benzene rings is 2. The van der Waals surface area contributed by atoms with Crippen molar-refractivity contribution in [2.75, 3.05) is 0 Å². The Hall–Kier alpha value is -3.16. The van der Waals surface area contributed by atoms with Gasteiger partial charge in [0.15, 0.2) is 0 Å². The second-order valence-corrected chi connectivity index (χ2v) is 6.51. The molecular weight excluding hydrogens is 336 g/mol. The molecule has 4 heteroatoms. The molecule has 0 amide bonds. The van der Waals surface area contributed by atoms with E-state index in [0.717, 1.165) is 23.1 Å². The first-order valence-electron chi connectivity index (χ1n) is 9.00. The van der Waals surface area contributed by atoms with Crippen LogP contribution in [-0.4, -0.2) is 22.3 Å². The molecule has 27 heavy (non-hydrogen) atoms. The number of aryl methyl sites for hydroxylation is 1. The summed E-state index contributed by atoms with van der Waals surface area (Å²) in [5.74, 6) is 0.711. The summed E-state index contributed by atoms with van der Waals surface area (Å²) in [5, 5.41) is 19.4. The Morgan fingerprint density at radius 3 is 2.59 bits per heavy atom. The molecule has 1 N–H and O–H groups in total. The fraction of sp³-hybridized carbons (Fsp3) is 0.217. The Kier molecular flexibility index (Phi) is 6.19. The molecule has 0 radical (unpaired) electrons. The van der Waals surface area contributed by atoms with Crippen molar-refractivity contribution in [1.82, 2.24) is 4.98 Å². The maximum Gasteiger partial charge on any atom is 0.122 e. The van der Waals surface area contributed by atoms with Crippen molar-refractivity contribution < 1.29 is 9.84 Å². The molecule has 3 rings (SSSR count). The highest BCUT2D eigenvalue weighted by atomic mass is 16.5. The van der Waals surface area contributed by atoms with Crippen molar-refractivity contribution in [1.29, 1.82) is 5.26 Å². The summed E-state index contributed by atoms with van der Waals surface area (Å²) in [6.07, 6.45) is 4.07. The summed E-state index contributed by atoms with van der Waals surface area (Å²) in [6.45, 7) is 1.87. The van der Waals surface area contributed by atoms with E-state index >= 15 is 0 Å². The lowest BCUT2D eigenvalue weighted by Crippen LogP contribution is -2.29. The fourth-order valence-corrected chi connectivity index (χ4v) is 2.88. The van der Waals surface area contributed by atoms with Gasteiger partial charge in [-0.15, -0.1) is 0 Å². The zero-order valence-corrected chi connectivity index (χ0v) is 15.2. The number of nitriles is 1. The summed E-state index contributed by atoms with van der Waals surface area (Å²) in [7, 11) is 0. The van der Waals surface area contributed by atoms with Gasteiger partial charge >= 0.3 is 0 Å². The van der Waals surface area contributed by atoms with Crippen LogP contribution in [0.15, 0.2) is 73.1 Å². The van der Waals surface area contributed by atoms with E-state index in [0.29, 0.717) is 17.7 Å². The topological polar surface area (TPSA) is 66.1 Å². The molecule has 3 aromatic rings. The van der Waals surface area contributed by atoms with Gasteiger partial charge in [-0.2, -0.15) is 5.26 Å². The number of ether oxygens (including phenoxy) is 1. The SMILES string of the molecule is C[C@@H](Oc1ccc(-c2cccc(C#N)c2)cc1)[C@@H](O)CCc1cccnc1. The average molecular weight is 358 g/mol. The summed E-state index contributed by atoms with van der Waals surface area (Å²) < 4.78 is 5.88.